The summed E-state index contributed by atoms with van der Waals surface area (Å²) in [5.74, 6) is 0. The van der Waals surface area contributed by atoms with Gasteiger partial charge in [0.1, 0.15) is 5.66 Å². The summed E-state index contributed by atoms with van der Waals surface area (Å²) >= 11 is 0. The van der Waals surface area contributed by atoms with Crippen LogP contribution in [0, 0.1) is 6.92 Å². The molecule has 2 heterocycles. The number of dihydropyridines is 1. The minimum Gasteiger partial charge on any atom is -0.399 e. The summed E-state index contributed by atoms with van der Waals surface area (Å²) in [7, 11) is 0. The average Bonchev–Trinajstić information content (AvgIpc) is 2.23. The van der Waals surface area contributed by atoms with E-state index in [4.69, 9.17) is 11.5 Å². The number of allylic oxidation sites excluding steroid dienone is 2. The van der Waals surface area contributed by atoms with Crippen molar-refractivity contribution in [2.24, 2.45) is 11.5 Å². The first-order valence-electron chi connectivity index (χ1n) is 5.22. The molecule has 0 fully saturated rings. The summed E-state index contributed by atoms with van der Waals surface area (Å²) < 4.78 is 0. The van der Waals surface area contributed by atoms with Crippen molar-refractivity contribution in [2.45, 2.75) is 19.0 Å². The Bertz CT molecular complexity index is 450. The lowest BCUT2D eigenvalue weighted by molar-refractivity contribution is 0.428. The third-order valence-electron chi connectivity index (χ3n) is 2.63. The number of nitrogens with one attached hydrogen (secondary N) is 1. The Labute approximate surface area is 95.1 Å². The maximum atomic E-state index is 6.19. The van der Waals surface area contributed by atoms with Crippen LogP contribution >= 0.6 is 0 Å². The first kappa shape index (κ1) is 10.7. The lowest BCUT2D eigenvalue weighted by atomic mass is 9.98. The van der Waals surface area contributed by atoms with Crippen LogP contribution in [0.15, 0.2) is 42.2 Å². The molecule has 16 heavy (non-hydrogen) atoms. The standard InChI is InChI=1S/C12H16N4/c1-9-4-2-5-10(16-9)8-12(14)11(13)6-3-7-15-12/h2-7,15H,8,13-14H2,1H3. The molecule has 2 rings (SSSR count). The van der Waals surface area contributed by atoms with Crippen molar-refractivity contribution in [2.75, 3.05) is 0 Å². The molecule has 0 saturated carbocycles. The van der Waals surface area contributed by atoms with Crippen LogP contribution in [0.2, 0.25) is 0 Å². The van der Waals surface area contributed by atoms with Crippen LogP contribution in [0.25, 0.3) is 0 Å². The molecule has 1 atom stereocenters. The van der Waals surface area contributed by atoms with Crippen molar-refractivity contribution in [3.63, 3.8) is 0 Å². The average molecular weight is 216 g/mol. The van der Waals surface area contributed by atoms with E-state index in [0.29, 0.717) is 12.1 Å². The van der Waals surface area contributed by atoms with Crippen LogP contribution in [0.1, 0.15) is 11.4 Å². The molecular weight excluding hydrogens is 200 g/mol. The van der Waals surface area contributed by atoms with Crippen LogP contribution in [0.3, 0.4) is 0 Å². The van der Waals surface area contributed by atoms with Gasteiger partial charge in [-0.05, 0) is 37.4 Å². The second-order valence-electron chi connectivity index (χ2n) is 4.04. The van der Waals surface area contributed by atoms with Crippen LogP contribution in [-0.4, -0.2) is 10.6 Å². The Hall–Kier alpha value is -1.81. The van der Waals surface area contributed by atoms with E-state index in [0.717, 1.165) is 11.4 Å². The quantitative estimate of drug-likeness (QED) is 0.674. The van der Waals surface area contributed by atoms with E-state index in [1.807, 2.05) is 37.3 Å². The van der Waals surface area contributed by atoms with Gasteiger partial charge in [0, 0.05) is 23.5 Å². The first-order chi connectivity index (χ1) is 7.60. The van der Waals surface area contributed by atoms with E-state index in [9.17, 15) is 0 Å². The summed E-state index contributed by atoms with van der Waals surface area (Å²) in [5.41, 5.74) is 13.9. The molecule has 1 aromatic heterocycles. The molecular formula is C12H16N4. The van der Waals surface area contributed by atoms with Gasteiger partial charge >= 0.3 is 0 Å². The van der Waals surface area contributed by atoms with Crippen LogP contribution in [0.4, 0.5) is 0 Å². The monoisotopic (exact) mass is 216 g/mol. The van der Waals surface area contributed by atoms with Crippen LogP contribution in [0.5, 0.6) is 0 Å². The first-order valence-corrected chi connectivity index (χ1v) is 5.22. The van der Waals surface area contributed by atoms with Crippen LogP contribution < -0.4 is 16.8 Å². The Kier molecular flexibility index (Phi) is 2.66. The second kappa shape index (κ2) is 3.98. The summed E-state index contributed by atoms with van der Waals surface area (Å²) in [6, 6.07) is 5.88. The highest BCUT2D eigenvalue weighted by Gasteiger charge is 2.28. The molecule has 1 aliphatic heterocycles. The topological polar surface area (TPSA) is 77.0 Å². The number of nitrogens with two attached hydrogens (primary N) is 2. The normalized spacial score (nSPS) is 23.8. The Morgan fingerprint density at radius 1 is 1.44 bits per heavy atom. The van der Waals surface area contributed by atoms with Crippen molar-refractivity contribution in [1.82, 2.24) is 10.3 Å². The summed E-state index contributed by atoms with van der Waals surface area (Å²) in [6.45, 7) is 1.96. The zero-order chi connectivity index (χ0) is 11.6. The minimum absolute atomic E-state index is 0.571. The highest BCUT2D eigenvalue weighted by atomic mass is 15.1. The molecule has 0 radical (unpaired) electrons. The van der Waals surface area contributed by atoms with Gasteiger partial charge in [-0.3, -0.25) is 4.98 Å². The Balaban J connectivity index is 2.21. The second-order valence-corrected chi connectivity index (χ2v) is 4.04. The Morgan fingerprint density at radius 2 is 2.25 bits per heavy atom. The number of aromatic nitrogens is 1. The molecule has 84 valence electrons. The van der Waals surface area contributed by atoms with Crippen LogP contribution in [-0.2, 0) is 6.42 Å². The molecule has 5 N–H and O–H groups in total. The fraction of sp³-hybridized carbons (Fsp3) is 0.250. The van der Waals surface area contributed by atoms with E-state index in [1.165, 1.54) is 0 Å². The largest absolute Gasteiger partial charge is 0.399 e. The number of hydrogen-bond acceptors (Lipinski definition) is 4. The van der Waals surface area contributed by atoms with Gasteiger partial charge in [0.05, 0.1) is 0 Å². The number of nitrogens with zero attached hydrogens (tertiary/aromatic N) is 1. The van der Waals surface area contributed by atoms with Crippen molar-refractivity contribution >= 4 is 0 Å². The minimum atomic E-state index is -0.727. The Morgan fingerprint density at radius 3 is 2.94 bits per heavy atom. The van der Waals surface area contributed by atoms with Gasteiger partial charge in [0.15, 0.2) is 0 Å². The molecule has 4 heteroatoms. The van der Waals surface area contributed by atoms with E-state index >= 15 is 0 Å². The molecule has 1 aliphatic rings. The molecule has 0 saturated heterocycles. The maximum Gasteiger partial charge on any atom is 0.132 e. The van der Waals surface area contributed by atoms with Gasteiger partial charge in [-0.15, -0.1) is 0 Å². The van der Waals surface area contributed by atoms with Crippen molar-refractivity contribution < 1.29 is 0 Å². The van der Waals surface area contributed by atoms with Gasteiger partial charge < -0.3 is 16.8 Å². The fourth-order valence-electron chi connectivity index (χ4n) is 1.72. The molecule has 0 aliphatic carbocycles. The zero-order valence-corrected chi connectivity index (χ0v) is 9.27. The predicted molar refractivity (Wildman–Crippen MR) is 64.1 cm³/mol. The van der Waals surface area contributed by atoms with Crippen molar-refractivity contribution in [3.8, 4) is 0 Å². The summed E-state index contributed by atoms with van der Waals surface area (Å²) in [4.78, 5) is 4.42. The van der Waals surface area contributed by atoms with Crippen molar-refractivity contribution in [3.05, 3.63) is 53.6 Å². The number of rotatable bonds is 2. The third-order valence-corrected chi connectivity index (χ3v) is 2.63. The van der Waals surface area contributed by atoms with E-state index in [2.05, 4.69) is 10.3 Å². The molecule has 1 unspecified atom stereocenters. The summed E-state index contributed by atoms with van der Waals surface area (Å²) in [5, 5.41) is 3.08. The van der Waals surface area contributed by atoms with Gasteiger partial charge in [0.2, 0.25) is 0 Å². The van der Waals surface area contributed by atoms with Gasteiger partial charge in [-0.25, -0.2) is 0 Å². The maximum absolute atomic E-state index is 6.19. The lowest BCUT2D eigenvalue weighted by Gasteiger charge is -2.32. The molecule has 0 aromatic carbocycles. The number of hydrogen-bond donors (Lipinski definition) is 3. The molecule has 0 bridgehead atoms. The van der Waals surface area contributed by atoms with E-state index in [-0.39, 0.29) is 0 Å². The molecule has 4 nitrogen and oxygen atoms in total. The molecule has 1 aromatic rings. The molecule has 0 spiro atoms. The lowest BCUT2D eigenvalue weighted by Crippen LogP contribution is -2.57. The fourth-order valence-corrected chi connectivity index (χ4v) is 1.72. The third kappa shape index (κ3) is 2.06. The number of pyridine rings is 1. The smallest absolute Gasteiger partial charge is 0.132 e. The van der Waals surface area contributed by atoms with Gasteiger partial charge in [0.25, 0.3) is 0 Å². The van der Waals surface area contributed by atoms with E-state index < -0.39 is 5.66 Å². The zero-order valence-electron chi connectivity index (χ0n) is 9.27. The van der Waals surface area contributed by atoms with E-state index in [1.54, 1.807) is 6.20 Å². The predicted octanol–water partition coefficient (Wildman–Crippen LogP) is 0.547. The highest BCUT2D eigenvalue weighted by Crippen LogP contribution is 2.15. The SMILES string of the molecule is Cc1cccc(CC2(N)NC=CC=C2N)n1. The van der Waals surface area contributed by atoms with Gasteiger partial charge in [-0.2, -0.15) is 0 Å². The van der Waals surface area contributed by atoms with Gasteiger partial charge in [-0.1, -0.05) is 6.07 Å². The van der Waals surface area contributed by atoms with Crippen molar-refractivity contribution in [1.29, 1.82) is 0 Å². The number of aryl methyl sites for hydroxylation is 1. The molecule has 0 amide bonds. The highest BCUT2D eigenvalue weighted by molar-refractivity contribution is 5.28. The summed E-state index contributed by atoms with van der Waals surface area (Å²) in [6.07, 6.45) is 6.02.